The van der Waals surface area contributed by atoms with E-state index in [0.29, 0.717) is 22.6 Å². The average Bonchev–Trinajstić information content (AvgIpc) is 2.40. The van der Waals surface area contributed by atoms with E-state index in [0.717, 1.165) is 31.4 Å². The summed E-state index contributed by atoms with van der Waals surface area (Å²) in [5.41, 5.74) is 5.73. The summed E-state index contributed by atoms with van der Waals surface area (Å²) in [6.45, 7) is 2.66. The van der Waals surface area contributed by atoms with Gasteiger partial charge in [0.05, 0.1) is 5.56 Å². The summed E-state index contributed by atoms with van der Waals surface area (Å²) in [7, 11) is 0. The van der Waals surface area contributed by atoms with Crippen LogP contribution >= 0.6 is 15.9 Å². The van der Waals surface area contributed by atoms with E-state index in [1.807, 2.05) is 0 Å². The Morgan fingerprint density at radius 3 is 2.67 bits per heavy atom. The van der Waals surface area contributed by atoms with Gasteiger partial charge in [-0.15, -0.1) is 0 Å². The Bertz CT molecular complexity index is 504. The normalized spacial score (nSPS) is 26.7. The molecular formula is C15H20BrF3N2. The molecule has 0 aliphatic heterocycles. The predicted molar refractivity (Wildman–Crippen MR) is 82.2 cm³/mol. The number of alkyl halides is 3. The third kappa shape index (κ3) is 3.92. The molecule has 0 bridgehead atoms. The summed E-state index contributed by atoms with van der Waals surface area (Å²) in [4.78, 5) is 0. The van der Waals surface area contributed by atoms with Crippen molar-refractivity contribution in [3.05, 3.63) is 28.2 Å². The molecule has 0 spiro atoms. The van der Waals surface area contributed by atoms with Crippen molar-refractivity contribution in [2.24, 2.45) is 11.7 Å². The number of nitrogens with two attached hydrogens (primary N) is 1. The van der Waals surface area contributed by atoms with E-state index in [1.54, 1.807) is 0 Å². The van der Waals surface area contributed by atoms with E-state index in [9.17, 15) is 13.2 Å². The number of nitrogens with one attached hydrogen (secondary N) is 1. The SMILES string of the molecule is CC1CCCC(CN)(Nc2ccc(C(F)(F)F)cc2Br)C1. The van der Waals surface area contributed by atoms with Crippen molar-refractivity contribution in [1.29, 1.82) is 0 Å². The number of halogens is 4. The Balaban J connectivity index is 2.22. The summed E-state index contributed by atoms with van der Waals surface area (Å²) in [5.74, 6) is 0.572. The summed E-state index contributed by atoms with van der Waals surface area (Å²) >= 11 is 3.23. The Labute approximate surface area is 131 Å². The van der Waals surface area contributed by atoms with Gasteiger partial charge in [0.2, 0.25) is 0 Å². The van der Waals surface area contributed by atoms with Gasteiger partial charge < -0.3 is 11.1 Å². The molecule has 0 heterocycles. The lowest BCUT2D eigenvalue weighted by Gasteiger charge is -2.41. The van der Waals surface area contributed by atoms with Crippen molar-refractivity contribution in [3.63, 3.8) is 0 Å². The highest BCUT2D eigenvalue weighted by Gasteiger charge is 2.35. The highest BCUT2D eigenvalue weighted by molar-refractivity contribution is 9.10. The molecule has 1 aliphatic carbocycles. The van der Waals surface area contributed by atoms with Crippen LogP contribution in [-0.2, 0) is 6.18 Å². The van der Waals surface area contributed by atoms with Crippen LogP contribution in [-0.4, -0.2) is 12.1 Å². The fourth-order valence-corrected chi connectivity index (χ4v) is 3.57. The van der Waals surface area contributed by atoms with Gasteiger partial charge in [-0.3, -0.25) is 0 Å². The Hall–Kier alpha value is -0.750. The van der Waals surface area contributed by atoms with Gasteiger partial charge in [-0.25, -0.2) is 0 Å². The van der Waals surface area contributed by atoms with E-state index in [4.69, 9.17) is 5.73 Å². The van der Waals surface area contributed by atoms with Crippen LogP contribution in [0.25, 0.3) is 0 Å². The molecular weight excluding hydrogens is 345 g/mol. The molecule has 0 radical (unpaired) electrons. The summed E-state index contributed by atoms with van der Waals surface area (Å²) in [5, 5.41) is 3.38. The van der Waals surface area contributed by atoms with E-state index < -0.39 is 11.7 Å². The maximum Gasteiger partial charge on any atom is 0.416 e. The Morgan fingerprint density at radius 2 is 2.14 bits per heavy atom. The van der Waals surface area contributed by atoms with E-state index in [1.165, 1.54) is 12.5 Å². The molecule has 6 heteroatoms. The highest BCUT2D eigenvalue weighted by Crippen LogP contribution is 2.38. The molecule has 1 aliphatic rings. The molecule has 0 saturated heterocycles. The smallest absolute Gasteiger partial charge is 0.377 e. The monoisotopic (exact) mass is 364 g/mol. The van der Waals surface area contributed by atoms with Crippen LogP contribution in [0.3, 0.4) is 0 Å². The molecule has 21 heavy (non-hydrogen) atoms. The van der Waals surface area contributed by atoms with Gasteiger partial charge in [-0.2, -0.15) is 13.2 Å². The van der Waals surface area contributed by atoms with E-state index in [2.05, 4.69) is 28.2 Å². The molecule has 1 fully saturated rings. The zero-order valence-corrected chi connectivity index (χ0v) is 13.5. The molecule has 1 saturated carbocycles. The minimum atomic E-state index is -4.33. The number of rotatable bonds is 3. The zero-order chi connectivity index (χ0) is 15.7. The molecule has 2 unspecified atom stereocenters. The van der Waals surface area contributed by atoms with Gasteiger partial charge in [0.15, 0.2) is 0 Å². The number of anilines is 1. The first kappa shape index (κ1) is 16.6. The van der Waals surface area contributed by atoms with Crippen molar-refractivity contribution < 1.29 is 13.2 Å². The van der Waals surface area contributed by atoms with Crippen LogP contribution in [0.5, 0.6) is 0 Å². The van der Waals surface area contributed by atoms with Crippen LogP contribution in [0, 0.1) is 5.92 Å². The largest absolute Gasteiger partial charge is 0.416 e. The summed E-state index contributed by atoms with van der Waals surface area (Å²) in [6, 6.07) is 3.69. The molecule has 118 valence electrons. The summed E-state index contributed by atoms with van der Waals surface area (Å²) in [6.07, 6.45) is -0.175. The minimum Gasteiger partial charge on any atom is -0.377 e. The molecule has 0 aromatic heterocycles. The zero-order valence-electron chi connectivity index (χ0n) is 11.9. The van der Waals surface area contributed by atoms with Gasteiger partial charge in [-0.05, 0) is 52.9 Å². The standard InChI is InChI=1S/C15H20BrF3N2/c1-10-3-2-6-14(8-10,9-20)21-13-5-4-11(7-12(13)16)15(17,18)19/h4-5,7,10,21H,2-3,6,8-9,20H2,1H3. The lowest BCUT2D eigenvalue weighted by molar-refractivity contribution is -0.137. The van der Waals surface area contributed by atoms with Gasteiger partial charge in [0.1, 0.15) is 0 Å². The Kier molecular flexibility index (Phi) is 4.88. The molecule has 1 aromatic carbocycles. The van der Waals surface area contributed by atoms with E-state index >= 15 is 0 Å². The fraction of sp³-hybridized carbons (Fsp3) is 0.600. The Morgan fingerprint density at radius 1 is 1.43 bits per heavy atom. The topological polar surface area (TPSA) is 38.0 Å². The van der Waals surface area contributed by atoms with Crippen molar-refractivity contribution in [2.45, 2.75) is 44.3 Å². The maximum absolute atomic E-state index is 12.7. The van der Waals surface area contributed by atoms with Crippen LogP contribution in [0.1, 0.15) is 38.2 Å². The highest BCUT2D eigenvalue weighted by atomic mass is 79.9. The van der Waals surface area contributed by atoms with Gasteiger partial charge in [0, 0.05) is 22.2 Å². The third-order valence-corrected chi connectivity index (χ3v) is 4.83. The van der Waals surface area contributed by atoms with Crippen molar-refractivity contribution in [1.82, 2.24) is 0 Å². The second-order valence-corrected chi connectivity index (χ2v) is 6.86. The maximum atomic E-state index is 12.7. The van der Waals surface area contributed by atoms with Crippen LogP contribution in [0.15, 0.2) is 22.7 Å². The number of hydrogen-bond donors (Lipinski definition) is 2. The first-order valence-electron chi connectivity index (χ1n) is 7.11. The molecule has 0 amide bonds. The predicted octanol–water partition coefficient (Wildman–Crippen LogP) is 4.79. The van der Waals surface area contributed by atoms with Crippen molar-refractivity contribution in [2.75, 3.05) is 11.9 Å². The van der Waals surface area contributed by atoms with Crippen LogP contribution < -0.4 is 11.1 Å². The van der Waals surface area contributed by atoms with Crippen LogP contribution in [0.4, 0.5) is 18.9 Å². The third-order valence-electron chi connectivity index (χ3n) is 4.18. The lowest BCUT2D eigenvalue weighted by Crippen LogP contribution is -2.48. The van der Waals surface area contributed by atoms with Crippen molar-refractivity contribution in [3.8, 4) is 0 Å². The van der Waals surface area contributed by atoms with Gasteiger partial charge in [0.25, 0.3) is 0 Å². The number of benzene rings is 1. The second kappa shape index (κ2) is 6.16. The van der Waals surface area contributed by atoms with Gasteiger partial charge >= 0.3 is 6.18 Å². The van der Waals surface area contributed by atoms with Crippen molar-refractivity contribution >= 4 is 21.6 Å². The molecule has 2 nitrogen and oxygen atoms in total. The molecule has 2 rings (SSSR count). The molecule has 2 atom stereocenters. The first-order chi connectivity index (χ1) is 9.76. The lowest BCUT2D eigenvalue weighted by atomic mass is 9.76. The molecule has 3 N–H and O–H groups in total. The second-order valence-electron chi connectivity index (χ2n) is 6.00. The first-order valence-corrected chi connectivity index (χ1v) is 7.90. The quantitative estimate of drug-likeness (QED) is 0.809. The number of hydrogen-bond acceptors (Lipinski definition) is 2. The molecule has 1 aromatic rings. The fourth-order valence-electron chi connectivity index (χ4n) is 3.09. The average molecular weight is 365 g/mol. The minimum absolute atomic E-state index is 0.222. The van der Waals surface area contributed by atoms with Crippen LogP contribution in [0.2, 0.25) is 0 Å². The van der Waals surface area contributed by atoms with E-state index in [-0.39, 0.29) is 5.54 Å². The van der Waals surface area contributed by atoms with Gasteiger partial charge in [-0.1, -0.05) is 19.8 Å². The summed E-state index contributed by atoms with van der Waals surface area (Å²) < 4.78 is 38.5.